The molecule has 0 spiro atoms. The van der Waals surface area contributed by atoms with Crippen LogP contribution in [0.1, 0.15) is 29.9 Å². The quantitative estimate of drug-likeness (QED) is 0.821. The summed E-state index contributed by atoms with van der Waals surface area (Å²) in [5.41, 5.74) is 1.13. The van der Waals surface area contributed by atoms with Gasteiger partial charge in [-0.1, -0.05) is 23.7 Å². The van der Waals surface area contributed by atoms with Crippen molar-refractivity contribution >= 4 is 23.3 Å². The lowest BCUT2D eigenvalue weighted by Gasteiger charge is -2.15. The third-order valence-corrected chi connectivity index (χ3v) is 3.24. The van der Waals surface area contributed by atoms with Crippen LogP contribution in [-0.2, 0) is 11.3 Å². The van der Waals surface area contributed by atoms with Crippen LogP contribution in [0, 0.1) is 0 Å². The molecule has 1 aromatic carbocycles. The molecule has 0 saturated heterocycles. The van der Waals surface area contributed by atoms with Gasteiger partial charge in [0.2, 0.25) is 0 Å². The normalized spacial score (nSPS) is 11.6. The zero-order valence-electron chi connectivity index (χ0n) is 12.7. The summed E-state index contributed by atoms with van der Waals surface area (Å²) in [7, 11) is 0. The van der Waals surface area contributed by atoms with Gasteiger partial charge in [-0.05, 0) is 26.0 Å². The number of rotatable bonds is 6. The molecule has 0 aliphatic rings. The zero-order chi connectivity index (χ0) is 16.8. The largest absolute Gasteiger partial charge is 0.481 e. The van der Waals surface area contributed by atoms with E-state index in [1.54, 1.807) is 31.2 Å². The second-order valence-corrected chi connectivity index (χ2v) is 5.28. The van der Waals surface area contributed by atoms with Crippen molar-refractivity contribution in [2.24, 2.45) is 0 Å². The first-order chi connectivity index (χ1) is 11.0. The van der Waals surface area contributed by atoms with Gasteiger partial charge in [0, 0.05) is 5.56 Å². The van der Waals surface area contributed by atoms with Gasteiger partial charge < -0.3 is 10.1 Å². The van der Waals surface area contributed by atoms with E-state index in [0.717, 1.165) is 0 Å². The van der Waals surface area contributed by atoms with E-state index in [4.69, 9.17) is 16.3 Å². The fraction of sp³-hybridized carbons (Fsp3) is 0.250. The summed E-state index contributed by atoms with van der Waals surface area (Å²) >= 11 is 5.65. The van der Waals surface area contributed by atoms with Gasteiger partial charge in [-0.3, -0.25) is 14.6 Å². The van der Waals surface area contributed by atoms with Gasteiger partial charge >= 0.3 is 0 Å². The summed E-state index contributed by atoms with van der Waals surface area (Å²) in [4.78, 5) is 31.3. The Bertz CT molecular complexity index is 704. The molecule has 0 saturated carbocycles. The fourth-order valence-electron chi connectivity index (χ4n) is 1.80. The first-order valence-corrected chi connectivity index (χ1v) is 7.35. The zero-order valence-corrected chi connectivity index (χ0v) is 13.5. The summed E-state index contributed by atoms with van der Waals surface area (Å²) in [6, 6.07) is 6.71. The van der Waals surface area contributed by atoms with Gasteiger partial charge in [-0.2, -0.15) is 0 Å². The third kappa shape index (κ3) is 5.03. The highest BCUT2D eigenvalue weighted by molar-refractivity contribution is 6.29. The number of Topliss-reactive ketones (excluding diaryl/α,β-unsaturated/α-hetero) is 1. The molecule has 1 atom stereocenters. The highest BCUT2D eigenvalue weighted by Gasteiger charge is 2.15. The Balaban J connectivity index is 1.90. The molecule has 1 N–H and O–H groups in total. The highest BCUT2D eigenvalue weighted by atomic mass is 35.5. The molecule has 0 bridgehead atoms. The number of hydrogen-bond acceptors (Lipinski definition) is 5. The molecule has 1 heterocycles. The Kier molecular flexibility index (Phi) is 5.65. The fourth-order valence-corrected chi connectivity index (χ4v) is 1.90. The average Bonchev–Trinajstić information content (AvgIpc) is 2.54. The van der Waals surface area contributed by atoms with Crippen LogP contribution in [0.4, 0.5) is 0 Å². The number of ether oxygens (including phenoxy) is 1. The molecule has 0 aliphatic heterocycles. The Morgan fingerprint density at radius 3 is 2.74 bits per heavy atom. The third-order valence-electron chi connectivity index (χ3n) is 3.04. The summed E-state index contributed by atoms with van der Waals surface area (Å²) in [5.74, 6) is 0.107. The second-order valence-electron chi connectivity index (χ2n) is 4.89. The molecule has 1 amide bonds. The van der Waals surface area contributed by atoms with E-state index in [0.29, 0.717) is 22.2 Å². The van der Waals surface area contributed by atoms with Crippen molar-refractivity contribution < 1.29 is 14.3 Å². The van der Waals surface area contributed by atoms with Crippen molar-refractivity contribution in [3.8, 4) is 5.75 Å². The number of carbonyl (C=O) groups is 2. The molecule has 1 unspecified atom stereocenters. The second kappa shape index (κ2) is 7.69. The van der Waals surface area contributed by atoms with Gasteiger partial charge in [0.05, 0.1) is 24.6 Å². The molecule has 2 aromatic rings. The minimum absolute atomic E-state index is 0.0612. The maximum atomic E-state index is 12.0. The van der Waals surface area contributed by atoms with Crippen molar-refractivity contribution in [3.63, 3.8) is 0 Å². The topological polar surface area (TPSA) is 81.2 Å². The van der Waals surface area contributed by atoms with Crippen molar-refractivity contribution in [1.29, 1.82) is 0 Å². The Morgan fingerprint density at radius 2 is 2.09 bits per heavy atom. The molecule has 2 rings (SSSR count). The smallest absolute Gasteiger partial charge is 0.261 e. The van der Waals surface area contributed by atoms with E-state index in [2.05, 4.69) is 15.3 Å². The molecular formula is C16H16ClN3O3. The first-order valence-electron chi connectivity index (χ1n) is 6.97. The van der Waals surface area contributed by atoms with Gasteiger partial charge in [0.1, 0.15) is 10.9 Å². The number of nitrogens with one attached hydrogen (secondary N) is 1. The molecule has 6 nitrogen and oxygen atoms in total. The summed E-state index contributed by atoms with van der Waals surface area (Å²) in [6.45, 7) is 3.33. The van der Waals surface area contributed by atoms with Crippen molar-refractivity contribution in [1.82, 2.24) is 15.3 Å². The number of carbonyl (C=O) groups excluding carboxylic acids is 2. The van der Waals surface area contributed by atoms with Crippen LogP contribution in [0.3, 0.4) is 0 Å². The highest BCUT2D eigenvalue weighted by Crippen LogP contribution is 2.15. The van der Waals surface area contributed by atoms with E-state index in [9.17, 15) is 9.59 Å². The van der Waals surface area contributed by atoms with Crippen LogP contribution in [-0.4, -0.2) is 27.8 Å². The minimum atomic E-state index is -0.711. The van der Waals surface area contributed by atoms with Crippen LogP contribution in [0.15, 0.2) is 36.7 Å². The van der Waals surface area contributed by atoms with Crippen LogP contribution >= 0.6 is 11.6 Å². The van der Waals surface area contributed by atoms with E-state index in [1.807, 2.05) is 0 Å². The Morgan fingerprint density at radius 1 is 1.30 bits per heavy atom. The van der Waals surface area contributed by atoms with E-state index >= 15 is 0 Å². The molecule has 0 fully saturated rings. The number of nitrogens with zero attached hydrogens (tertiary/aromatic N) is 2. The number of ketones is 1. The molecular weight excluding hydrogens is 318 g/mol. The van der Waals surface area contributed by atoms with E-state index in [1.165, 1.54) is 19.3 Å². The number of halogens is 1. The molecule has 0 aliphatic carbocycles. The van der Waals surface area contributed by atoms with E-state index in [-0.39, 0.29) is 18.2 Å². The number of amides is 1. The maximum absolute atomic E-state index is 12.0. The summed E-state index contributed by atoms with van der Waals surface area (Å²) in [6.07, 6.45) is 2.19. The van der Waals surface area contributed by atoms with Crippen LogP contribution in [0.5, 0.6) is 5.75 Å². The summed E-state index contributed by atoms with van der Waals surface area (Å²) in [5, 5.41) is 2.99. The molecule has 7 heteroatoms. The predicted octanol–water partition coefficient (Wildman–Crippen LogP) is 2.42. The van der Waals surface area contributed by atoms with Gasteiger partial charge in [-0.15, -0.1) is 0 Å². The lowest BCUT2D eigenvalue weighted by Crippen LogP contribution is -2.36. The van der Waals surface area contributed by atoms with Crippen LogP contribution in [0.25, 0.3) is 0 Å². The van der Waals surface area contributed by atoms with Crippen molar-refractivity contribution in [2.45, 2.75) is 26.5 Å². The van der Waals surface area contributed by atoms with E-state index < -0.39 is 6.10 Å². The minimum Gasteiger partial charge on any atom is -0.481 e. The SMILES string of the molecule is CC(=O)c1cccc(OC(C)C(=O)NCc2cnc(Cl)cn2)c1. The number of hydrogen-bond donors (Lipinski definition) is 1. The monoisotopic (exact) mass is 333 g/mol. The number of aromatic nitrogens is 2. The lowest BCUT2D eigenvalue weighted by molar-refractivity contribution is -0.127. The lowest BCUT2D eigenvalue weighted by atomic mass is 10.1. The van der Waals surface area contributed by atoms with Gasteiger partial charge in [0.15, 0.2) is 11.9 Å². The summed E-state index contributed by atoms with van der Waals surface area (Å²) < 4.78 is 5.55. The van der Waals surface area contributed by atoms with Gasteiger partial charge in [0.25, 0.3) is 5.91 Å². The van der Waals surface area contributed by atoms with Crippen molar-refractivity contribution in [3.05, 3.63) is 53.1 Å². The Hall–Kier alpha value is -2.47. The van der Waals surface area contributed by atoms with Crippen molar-refractivity contribution in [2.75, 3.05) is 0 Å². The number of benzene rings is 1. The molecule has 120 valence electrons. The molecule has 23 heavy (non-hydrogen) atoms. The Labute approximate surface area is 138 Å². The standard InChI is InChI=1S/C16H16ClN3O3/c1-10(21)12-4-3-5-14(6-12)23-11(2)16(22)20-8-13-7-19-15(17)9-18-13/h3-7,9,11H,8H2,1-2H3,(H,20,22). The van der Waals surface area contributed by atoms with Gasteiger partial charge in [-0.25, -0.2) is 4.98 Å². The molecule has 1 aromatic heterocycles. The molecule has 0 radical (unpaired) electrons. The average molecular weight is 334 g/mol. The predicted molar refractivity (Wildman–Crippen MR) is 85.4 cm³/mol. The first kappa shape index (κ1) is 16.9. The maximum Gasteiger partial charge on any atom is 0.261 e. The van der Waals surface area contributed by atoms with Crippen LogP contribution < -0.4 is 10.1 Å². The van der Waals surface area contributed by atoms with Crippen LogP contribution in [0.2, 0.25) is 5.15 Å².